The van der Waals surface area contributed by atoms with Gasteiger partial charge in [0.1, 0.15) is 0 Å². The quantitative estimate of drug-likeness (QED) is 0.805. The zero-order valence-electron chi connectivity index (χ0n) is 12.0. The van der Waals surface area contributed by atoms with Crippen LogP contribution in [-0.2, 0) is 4.74 Å². The van der Waals surface area contributed by atoms with Crippen molar-refractivity contribution >= 4 is 11.8 Å². The topological polar surface area (TPSA) is 21.3 Å². The second kappa shape index (κ2) is 7.93. The minimum Gasteiger partial charge on any atom is -0.381 e. The molecule has 0 spiro atoms. The van der Waals surface area contributed by atoms with Gasteiger partial charge in [-0.15, -0.1) is 11.8 Å². The van der Waals surface area contributed by atoms with E-state index in [9.17, 15) is 0 Å². The van der Waals surface area contributed by atoms with Crippen molar-refractivity contribution in [2.45, 2.75) is 37.1 Å². The van der Waals surface area contributed by atoms with Gasteiger partial charge in [-0.05, 0) is 51.3 Å². The first-order valence-electron chi connectivity index (χ1n) is 7.22. The lowest BCUT2D eigenvalue weighted by molar-refractivity contribution is 0.0616. The fourth-order valence-corrected chi connectivity index (χ4v) is 3.70. The molecule has 1 aromatic rings. The molecule has 1 heterocycles. The maximum absolute atomic E-state index is 5.43. The zero-order chi connectivity index (χ0) is 13.5. The summed E-state index contributed by atoms with van der Waals surface area (Å²) in [5, 5.41) is 3.47. The summed E-state index contributed by atoms with van der Waals surface area (Å²) < 4.78 is 5.43. The van der Waals surface area contributed by atoms with Gasteiger partial charge in [-0.25, -0.2) is 0 Å². The van der Waals surface area contributed by atoms with Crippen LogP contribution in [0.15, 0.2) is 29.2 Å². The minimum atomic E-state index is 0.605. The first-order chi connectivity index (χ1) is 9.28. The number of thioether (sulfide) groups is 1. The molecular formula is C16H25NOS. The van der Waals surface area contributed by atoms with E-state index in [1.54, 1.807) is 0 Å². The van der Waals surface area contributed by atoms with Gasteiger partial charge in [0.05, 0.1) is 0 Å². The predicted octanol–water partition coefficient (Wildman–Crippen LogP) is 3.49. The molecule has 19 heavy (non-hydrogen) atoms. The molecular weight excluding hydrogens is 254 g/mol. The van der Waals surface area contributed by atoms with Crippen molar-refractivity contribution in [3.63, 3.8) is 0 Å². The lowest BCUT2D eigenvalue weighted by atomic mass is 9.93. The highest BCUT2D eigenvalue weighted by atomic mass is 32.2. The number of aryl methyl sites for hydroxylation is 1. The van der Waals surface area contributed by atoms with Crippen LogP contribution in [0.1, 0.15) is 24.8 Å². The average Bonchev–Trinajstić information content (AvgIpc) is 2.44. The van der Waals surface area contributed by atoms with Crippen molar-refractivity contribution in [2.24, 2.45) is 5.92 Å². The van der Waals surface area contributed by atoms with E-state index >= 15 is 0 Å². The summed E-state index contributed by atoms with van der Waals surface area (Å²) in [5.74, 6) is 1.99. The maximum atomic E-state index is 5.43. The van der Waals surface area contributed by atoms with Crippen LogP contribution in [0.2, 0.25) is 0 Å². The number of rotatable bonds is 6. The van der Waals surface area contributed by atoms with E-state index in [0.29, 0.717) is 6.04 Å². The SMILES string of the molecule is CNC(CSc1cccc(C)c1)CC1CCOCC1. The standard InChI is InChI=1S/C16H25NOS/c1-13-4-3-5-16(10-13)19-12-15(17-2)11-14-6-8-18-9-7-14/h3-5,10,14-15,17H,6-9,11-12H2,1-2H3. The molecule has 0 aromatic heterocycles. The van der Waals surface area contributed by atoms with Crippen LogP contribution in [0.4, 0.5) is 0 Å². The largest absolute Gasteiger partial charge is 0.381 e. The van der Waals surface area contributed by atoms with Crippen LogP contribution < -0.4 is 5.32 Å². The number of hydrogen-bond donors (Lipinski definition) is 1. The van der Waals surface area contributed by atoms with Crippen molar-refractivity contribution in [1.82, 2.24) is 5.32 Å². The Bertz CT molecular complexity index is 377. The van der Waals surface area contributed by atoms with Crippen LogP contribution in [0.25, 0.3) is 0 Å². The Balaban J connectivity index is 1.78. The monoisotopic (exact) mass is 279 g/mol. The Morgan fingerprint density at radius 2 is 2.16 bits per heavy atom. The summed E-state index contributed by atoms with van der Waals surface area (Å²) in [4.78, 5) is 1.38. The molecule has 1 atom stereocenters. The lowest BCUT2D eigenvalue weighted by Gasteiger charge is -2.26. The van der Waals surface area contributed by atoms with Gasteiger partial charge in [-0.1, -0.05) is 17.7 Å². The van der Waals surface area contributed by atoms with Crippen LogP contribution in [0.5, 0.6) is 0 Å². The van der Waals surface area contributed by atoms with Crippen molar-refractivity contribution in [3.8, 4) is 0 Å². The van der Waals surface area contributed by atoms with Crippen molar-refractivity contribution in [2.75, 3.05) is 26.0 Å². The van der Waals surface area contributed by atoms with Crippen molar-refractivity contribution in [3.05, 3.63) is 29.8 Å². The molecule has 1 unspecified atom stereocenters. The Labute approximate surface area is 121 Å². The van der Waals surface area contributed by atoms with Gasteiger partial charge in [-0.2, -0.15) is 0 Å². The molecule has 1 saturated heterocycles. The third-order valence-corrected chi connectivity index (χ3v) is 4.96. The molecule has 0 aliphatic carbocycles. The smallest absolute Gasteiger partial charge is 0.0468 e. The number of ether oxygens (including phenoxy) is 1. The molecule has 3 heteroatoms. The highest BCUT2D eigenvalue weighted by Crippen LogP contribution is 2.24. The molecule has 1 N–H and O–H groups in total. The molecule has 1 fully saturated rings. The summed E-state index contributed by atoms with van der Waals surface area (Å²) in [6.45, 7) is 4.06. The summed E-state index contributed by atoms with van der Waals surface area (Å²) >= 11 is 1.96. The fourth-order valence-electron chi connectivity index (χ4n) is 2.56. The third-order valence-electron chi connectivity index (χ3n) is 3.81. The molecule has 106 valence electrons. The van der Waals surface area contributed by atoms with E-state index in [4.69, 9.17) is 4.74 Å². The number of nitrogens with one attached hydrogen (secondary N) is 1. The predicted molar refractivity (Wildman–Crippen MR) is 82.9 cm³/mol. The van der Waals surface area contributed by atoms with Crippen molar-refractivity contribution < 1.29 is 4.74 Å². The van der Waals surface area contributed by atoms with E-state index in [2.05, 4.69) is 43.6 Å². The normalized spacial score (nSPS) is 18.4. The summed E-state index contributed by atoms with van der Waals surface area (Å²) in [6.07, 6.45) is 3.74. The van der Waals surface area contributed by atoms with Gasteiger partial charge >= 0.3 is 0 Å². The Morgan fingerprint density at radius 1 is 1.37 bits per heavy atom. The van der Waals surface area contributed by atoms with Gasteiger partial charge in [0.15, 0.2) is 0 Å². The van der Waals surface area contributed by atoms with Gasteiger partial charge in [0, 0.05) is 29.9 Å². The van der Waals surface area contributed by atoms with Crippen LogP contribution in [0.3, 0.4) is 0 Å². The maximum Gasteiger partial charge on any atom is 0.0468 e. The zero-order valence-corrected chi connectivity index (χ0v) is 12.8. The molecule has 0 bridgehead atoms. The van der Waals surface area contributed by atoms with Crippen LogP contribution in [-0.4, -0.2) is 32.1 Å². The molecule has 1 aliphatic rings. The van der Waals surface area contributed by atoms with E-state index < -0.39 is 0 Å². The van der Waals surface area contributed by atoms with Crippen LogP contribution in [0, 0.1) is 12.8 Å². The molecule has 2 nitrogen and oxygen atoms in total. The molecule has 0 radical (unpaired) electrons. The van der Waals surface area contributed by atoms with Gasteiger partial charge < -0.3 is 10.1 Å². The molecule has 1 aliphatic heterocycles. The molecule has 1 aromatic carbocycles. The molecule has 0 saturated carbocycles. The Kier molecular flexibility index (Phi) is 6.21. The van der Waals surface area contributed by atoms with Crippen LogP contribution >= 0.6 is 11.8 Å². The second-order valence-corrected chi connectivity index (χ2v) is 6.50. The number of benzene rings is 1. The van der Waals surface area contributed by atoms with Gasteiger partial charge in [0.25, 0.3) is 0 Å². The van der Waals surface area contributed by atoms with Gasteiger partial charge in [-0.3, -0.25) is 0 Å². The summed E-state index contributed by atoms with van der Waals surface area (Å²) in [5.41, 5.74) is 1.34. The Morgan fingerprint density at radius 3 is 2.84 bits per heavy atom. The minimum absolute atomic E-state index is 0.605. The highest BCUT2D eigenvalue weighted by Gasteiger charge is 2.18. The average molecular weight is 279 g/mol. The van der Waals surface area contributed by atoms with Gasteiger partial charge in [0.2, 0.25) is 0 Å². The molecule has 0 amide bonds. The highest BCUT2D eigenvalue weighted by molar-refractivity contribution is 7.99. The molecule has 2 rings (SSSR count). The van der Waals surface area contributed by atoms with Crippen molar-refractivity contribution in [1.29, 1.82) is 0 Å². The lowest BCUT2D eigenvalue weighted by Crippen LogP contribution is -2.32. The van der Waals surface area contributed by atoms with E-state index in [1.165, 1.54) is 29.7 Å². The first-order valence-corrected chi connectivity index (χ1v) is 8.21. The van der Waals surface area contributed by atoms with E-state index in [0.717, 1.165) is 24.9 Å². The first kappa shape index (κ1) is 14.9. The van der Waals surface area contributed by atoms with E-state index in [1.807, 2.05) is 11.8 Å². The Hall–Kier alpha value is -0.510. The summed E-state index contributed by atoms with van der Waals surface area (Å²) in [7, 11) is 2.08. The number of hydrogen-bond acceptors (Lipinski definition) is 3. The van der Waals surface area contributed by atoms with E-state index in [-0.39, 0.29) is 0 Å². The third kappa shape index (κ3) is 5.17. The fraction of sp³-hybridized carbons (Fsp3) is 0.625. The summed E-state index contributed by atoms with van der Waals surface area (Å²) in [6, 6.07) is 9.38. The second-order valence-electron chi connectivity index (χ2n) is 5.40.